The fourth-order valence-electron chi connectivity index (χ4n) is 5.72. The molecule has 1 radical (unpaired) electrons. The van der Waals surface area contributed by atoms with Gasteiger partial charge in [-0.3, -0.25) is 14.8 Å². The molecule has 48 heavy (non-hydrogen) atoms. The number of aliphatic hydroxyl groups is 1. The minimum atomic E-state index is -0.417. The van der Waals surface area contributed by atoms with Gasteiger partial charge < -0.3 is 5.11 Å². The van der Waals surface area contributed by atoms with Crippen LogP contribution < -0.4 is 0 Å². The Bertz CT molecular complexity index is 1960. The number of hydrogen-bond donors (Lipinski definition) is 1. The van der Waals surface area contributed by atoms with E-state index in [1.165, 1.54) is 39.4 Å². The molecule has 3 aromatic carbocycles. The number of nitrogens with zero attached hydrogens (tertiary/aromatic N) is 2. The van der Waals surface area contributed by atoms with Crippen molar-refractivity contribution in [2.24, 2.45) is 10.8 Å². The quantitative estimate of drug-likeness (QED) is 0.112. The molecule has 2 heterocycles. The summed E-state index contributed by atoms with van der Waals surface area (Å²) in [5.74, 6) is 0.104. The number of aromatic nitrogens is 2. The van der Waals surface area contributed by atoms with Crippen molar-refractivity contribution in [3.8, 4) is 33.6 Å². The van der Waals surface area contributed by atoms with Crippen LogP contribution in [0.1, 0.15) is 79.1 Å². The summed E-state index contributed by atoms with van der Waals surface area (Å²) in [7, 11) is 0. The molecule has 0 saturated heterocycles. The van der Waals surface area contributed by atoms with E-state index in [0.29, 0.717) is 0 Å². The SMILES string of the molecule is CC(C)(C)C(=O)/C=C(\O)C(C)(C)C.CC(C)(C)c1cc(-c2nccc3c2CCc2nc(-c4ccccc4)ccc2-3)[c-]c2ccccc12.[Ir]. The van der Waals surface area contributed by atoms with E-state index in [-0.39, 0.29) is 42.5 Å². The minimum absolute atomic E-state index is 0. The smallest absolute Gasteiger partial charge is 0.164 e. The molecule has 2 aromatic heterocycles. The van der Waals surface area contributed by atoms with Gasteiger partial charge in [-0.05, 0) is 41.5 Å². The fourth-order valence-corrected chi connectivity index (χ4v) is 5.72. The van der Waals surface area contributed by atoms with Crippen LogP contribution in [0.3, 0.4) is 0 Å². The first-order valence-corrected chi connectivity index (χ1v) is 16.5. The zero-order valence-electron chi connectivity index (χ0n) is 29.7. The second-order valence-corrected chi connectivity index (χ2v) is 15.5. The molecule has 0 fully saturated rings. The maximum Gasteiger partial charge on any atom is 0.164 e. The Hall–Kier alpha value is -3.92. The van der Waals surface area contributed by atoms with Gasteiger partial charge in [0.05, 0.1) is 5.69 Å². The van der Waals surface area contributed by atoms with Gasteiger partial charge in [0.25, 0.3) is 0 Å². The van der Waals surface area contributed by atoms with E-state index in [4.69, 9.17) is 9.97 Å². The van der Waals surface area contributed by atoms with Gasteiger partial charge in [0.15, 0.2) is 5.78 Å². The van der Waals surface area contributed by atoms with Crippen molar-refractivity contribution in [2.75, 3.05) is 0 Å². The maximum atomic E-state index is 11.5. The molecule has 0 saturated carbocycles. The molecule has 251 valence electrons. The zero-order valence-corrected chi connectivity index (χ0v) is 32.1. The molecule has 4 nitrogen and oxygen atoms in total. The van der Waals surface area contributed by atoms with E-state index in [1.54, 1.807) is 0 Å². The maximum absolute atomic E-state index is 11.5. The molecule has 0 aliphatic heterocycles. The molecule has 1 aliphatic carbocycles. The molecule has 0 amide bonds. The Kier molecular flexibility index (Phi) is 11.0. The molecular formula is C43H47IrN2O2-. The second kappa shape index (κ2) is 14.3. The zero-order chi connectivity index (χ0) is 34.1. The van der Waals surface area contributed by atoms with Crippen molar-refractivity contribution in [1.29, 1.82) is 0 Å². The van der Waals surface area contributed by atoms with E-state index in [9.17, 15) is 9.90 Å². The standard InChI is InChI=1S/C32H27N2.C11H20O2.Ir/c1-32(2,3)28-20-23(19-22-11-7-8-12-24(22)28)31-27-14-16-30-26(25(27)17-18-33-31)13-15-29(34-30)21-9-5-4-6-10-21;1-10(2,3)8(12)7-9(13)11(4,5)6;/h4-13,15,17-18,20H,14,16H2,1-3H3;7,12H,1-6H3;/q-1;;/b;8-7-;. The van der Waals surface area contributed by atoms with E-state index in [0.717, 1.165) is 40.7 Å². The monoisotopic (exact) mass is 816 g/mol. The fraction of sp³-hybridized carbons (Fsp3) is 0.326. The largest absolute Gasteiger partial charge is 0.512 e. The van der Waals surface area contributed by atoms with Crippen LogP contribution in [0.25, 0.3) is 44.4 Å². The van der Waals surface area contributed by atoms with Crippen molar-refractivity contribution in [2.45, 2.75) is 80.6 Å². The van der Waals surface area contributed by atoms with Crippen LogP contribution in [0.15, 0.2) is 96.9 Å². The number of pyridine rings is 2. The van der Waals surface area contributed by atoms with Crippen molar-refractivity contribution >= 4 is 16.6 Å². The first-order valence-electron chi connectivity index (χ1n) is 16.5. The van der Waals surface area contributed by atoms with E-state index >= 15 is 0 Å². The number of benzene rings is 3. The van der Waals surface area contributed by atoms with Crippen molar-refractivity contribution in [3.63, 3.8) is 0 Å². The number of fused-ring (bicyclic) bond motifs is 4. The summed E-state index contributed by atoms with van der Waals surface area (Å²) in [6, 6.07) is 31.5. The molecule has 5 heteroatoms. The van der Waals surface area contributed by atoms with E-state index < -0.39 is 5.41 Å². The molecule has 0 atom stereocenters. The van der Waals surface area contributed by atoms with Crippen LogP contribution in [0.5, 0.6) is 0 Å². The third-order valence-corrected chi connectivity index (χ3v) is 8.62. The molecule has 1 N–H and O–H groups in total. The van der Waals surface area contributed by atoms with Crippen LogP contribution in [0.4, 0.5) is 0 Å². The number of carbonyl (C=O) groups excluding carboxylic acids is 1. The van der Waals surface area contributed by atoms with Gasteiger partial charge in [-0.1, -0.05) is 128 Å². The van der Waals surface area contributed by atoms with Crippen LogP contribution in [-0.2, 0) is 43.2 Å². The summed E-state index contributed by atoms with van der Waals surface area (Å²) in [5, 5.41) is 12.0. The number of hydrogen-bond acceptors (Lipinski definition) is 4. The normalized spacial score (nSPS) is 13.1. The van der Waals surface area contributed by atoms with Crippen LogP contribution in [-0.4, -0.2) is 20.9 Å². The second-order valence-electron chi connectivity index (χ2n) is 15.5. The molecular weight excluding hydrogens is 769 g/mol. The van der Waals surface area contributed by atoms with Gasteiger partial charge >= 0.3 is 0 Å². The molecule has 6 rings (SSSR count). The molecule has 0 bridgehead atoms. The van der Waals surface area contributed by atoms with Gasteiger partial charge in [0.2, 0.25) is 0 Å². The van der Waals surface area contributed by atoms with E-state index in [1.807, 2.05) is 53.8 Å². The number of ketones is 1. The first kappa shape index (κ1) is 36.9. The number of rotatable bonds is 3. The molecule has 5 aromatic rings. The first-order chi connectivity index (χ1) is 22.0. The summed E-state index contributed by atoms with van der Waals surface area (Å²) in [5.41, 5.74) is 9.87. The molecule has 0 unspecified atom stereocenters. The Morgan fingerprint density at radius 3 is 2.10 bits per heavy atom. The number of carbonyl (C=O) groups is 1. The van der Waals surface area contributed by atoms with Gasteiger partial charge in [-0.25, -0.2) is 0 Å². The van der Waals surface area contributed by atoms with Crippen molar-refractivity contribution in [1.82, 2.24) is 9.97 Å². The number of aliphatic hydroxyl groups excluding tert-OH is 1. The van der Waals surface area contributed by atoms with Crippen LogP contribution in [0, 0.1) is 16.9 Å². The van der Waals surface area contributed by atoms with Crippen LogP contribution >= 0.6 is 0 Å². The molecule has 1 aliphatic rings. The van der Waals surface area contributed by atoms with Crippen molar-refractivity contribution < 1.29 is 30.0 Å². The predicted octanol–water partition coefficient (Wildman–Crippen LogP) is 10.9. The summed E-state index contributed by atoms with van der Waals surface area (Å²) in [6.07, 6.45) is 5.12. The number of allylic oxidation sites excluding steroid dienone is 2. The van der Waals surface area contributed by atoms with Gasteiger partial charge in [-0.15, -0.1) is 29.1 Å². The average Bonchev–Trinajstić information content (AvgIpc) is 3.03. The Morgan fingerprint density at radius 1 is 0.792 bits per heavy atom. The van der Waals surface area contributed by atoms with E-state index in [2.05, 4.69) is 99.6 Å². The predicted molar refractivity (Wildman–Crippen MR) is 195 cm³/mol. The van der Waals surface area contributed by atoms with Gasteiger partial charge in [0.1, 0.15) is 5.76 Å². The third kappa shape index (κ3) is 8.20. The Balaban J connectivity index is 0.000000319. The van der Waals surface area contributed by atoms with Crippen LogP contribution in [0.2, 0.25) is 0 Å². The van der Waals surface area contributed by atoms with Crippen molar-refractivity contribution in [3.05, 3.63) is 120 Å². The topological polar surface area (TPSA) is 63.1 Å². The Morgan fingerprint density at radius 2 is 1.46 bits per heavy atom. The average molecular weight is 816 g/mol. The summed E-state index contributed by atoms with van der Waals surface area (Å²) >= 11 is 0. The van der Waals surface area contributed by atoms with Gasteiger partial charge in [-0.2, -0.15) is 0 Å². The number of aryl methyl sites for hydroxylation is 1. The summed E-state index contributed by atoms with van der Waals surface area (Å²) < 4.78 is 0. The van der Waals surface area contributed by atoms with Gasteiger partial charge in [0, 0.05) is 65.7 Å². The summed E-state index contributed by atoms with van der Waals surface area (Å²) in [6.45, 7) is 17.9. The minimum Gasteiger partial charge on any atom is -0.512 e. The third-order valence-electron chi connectivity index (χ3n) is 8.62. The Labute approximate surface area is 300 Å². The molecule has 0 spiro atoms. The summed E-state index contributed by atoms with van der Waals surface area (Å²) in [4.78, 5) is 21.4.